The summed E-state index contributed by atoms with van der Waals surface area (Å²) in [5.74, 6) is 0. The van der Waals surface area contributed by atoms with Crippen molar-refractivity contribution in [2.24, 2.45) is 0 Å². The third-order valence-electron chi connectivity index (χ3n) is 0.302. The second-order valence-corrected chi connectivity index (χ2v) is 11.4. The summed E-state index contributed by atoms with van der Waals surface area (Å²) in [6, 6.07) is 0. The second-order valence-electron chi connectivity index (χ2n) is 1.31. The third-order valence-corrected chi connectivity index (χ3v) is 2.72. The average Bonchev–Trinajstić information content (AvgIpc) is 1.63. The summed E-state index contributed by atoms with van der Waals surface area (Å²) in [6.07, 6.45) is 0. The van der Waals surface area contributed by atoms with Crippen molar-refractivity contribution in [3.63, 3.8) is 0 Å². The highest BCUT2D eigenvalue weighted by Gasteiger charge is 2.00. The van der Waals surface area contributed by atoms with Crippen LogP contribution in [0.15, 0.2) is 0 Å². The molecule has 0 bridgehead atoms. The minimum atomic E-state index is -1.72. The molecule has 0 spiro atoms. The first-order valence-corrected chi connectivity index (χ1v) is 10.4. The van der Waals surface area contributed by atoms with Crippen molar-refractivity contribution >= 4 is 70.8 Å². The van der Waals surface area contributed by atoms with Crippen LogP contribution in [0.2, 0.25) is 0 Å². The van der Waals surface area contributed by atoms with Gasteiger partial charge >= 0.3 is 11.4 Å². The lowest BCUT2D eigenvalue weighted by atomic mass is 11.3. The molecule has 0 atom stereocenters. The van der Waals surface area contributed by atoms with Crippen molar-refractivity contribution in [3.8, 4) is 0 Å². The highest BCUT2D eigenvalue weighted by atomic mass is 35.9. The van der Waals surface area contributed by atoms with E-state index in [2.05, 4.69) is 0 Å². The first-order chi connectivity index (χ1) is 4.37. The number of nitrogens with zero attached hydrogens (tertiary/aromatic N) is 1. The van der Waals surface area contributed by atoms with Crippen molar-refractivity contribution < 1.29 is 0 Å². The highest BCUT2D eigenvalue weighted by Crippen LogP contribution is 2.47. The van der Waals surface area contributed by atoms with Gasteiger partial charge in [-0.05, 0) is 14.1 Å². The monoisotopic (exact) mass is 277 g/mol. The van der Waals surface area contributed by atoms with Crippen molar-refractivity contribution in [1.29, 1.82) is 0 Å². The Bertz CT molecular complexity index is 61.9. The Morgan fingerprint density at radius 1 is 1.10 bits per heavy atom. The van der Waals surface area contributed by atoms with Crippen LogP contribution in [0, 0.1) is 0 Å². The summed E-state index contributed by atoms with van der Waals surface area (Å²) < 4.78 is 1.76. The quantitative estimate of drug-likeness (QED) is 0.519. The van der Waals surface area contributed by atoms with E-state index >= 15 is 0 Å². The van der Waals surface area contributed by atoms with Crippen LogP contribution < -0.4 is 0 Å². The average molecular weight is 279 g/mol. The van der Waals surface area contributed by atoms with Gasteiger partial charge in [-0.3, -0.25) is 4.67 Å². The lowest BCUT2D eigenvalue weighted by Gasteiger charge is -2.06. The zero-order valence-corrected chi connectivity index (χ0v) is 11.2. The van der Waals surface area contributed by atoms with Gasteiger partial charge in [0.15, 0.2) is 6.78 Å². The molecule has 62 valence electrons. The molecule has 0 aliphatic rings. The van der Waals surface area contributed by atoms with Crippen molar-refractivity contribution in [2.45, 2.75) is 0 Å². The standard InChI is InChI=1S/C2H6Cl2NP.Al.3ClH/c1-5(2)6(3)4;;;;/h1-2H3;;3*1H/q;+3;;;/p-3. The normalized spacial score (nSPS) is 9.30. The van der Waals surface area contributed by atoms with E-state index in [0.29, 0.717) is 0 Å². The van der Waals surface area contributed by atoms with E-state index in [1.807, 2.05) is 14.1 Å². The lowest BCUT2D eigenvalue weighted by Crippen LogP contribution is -1.95. The van der Waals surface area contributed by atoms with Crippen molar-refractivity contribution in [3.05, 3.63) is 0 Å². The molecule has 0 aromatic heterocycles. The number of rotatable bonds is 1. The molecule has 0 unspecified atom stereocenters. The van der Waals surface area contributed by atoms with Crippen LogP contribution in [-0.2, 0) is 0 Å². The third kappa shape index (κ3) is 22.4. The van der Waals surface area contributed by atoms with Crippen LogP contribution >= 0.6 is 59.4 Å². The van der Waals surface area contributed by atoms with Crippen molar-refractivity contribution in [2.75, 3.05) is 14.1 Å². The predicted octanol–water partition coefficient (Wildman–Crippen LogP) is 3.94. The Kier molecular flexibility index (Phi) is 14.1. The van der Waals surface area contributed by atoms with Gasteiger partial charge < -0.3 is 0 Å². The van der Waals surface area contributed by atoms with Crippen LogP contribution in [0.5, 0.6) is 0 Å². The maximum atomic E-state index is 5.37. The zero-order chi connectivity index (χ0) is 8.73. The lowest BCUT2D eigenvalue weighted by molar-refractivity contribution is 0.696. The van der Waals surface area contributed by atoms with Gasteiger partial charge in [-0.2, -0.15) is 0 Å². The van der Waals surface area contributed by atoms with E-state index in [4.69, 9.17) is 52.6 Å². The molecular weight excluding hydrogens is 273 g/mol. The molecule has 0 fully saturated rings. The van der Waals surface area contributed by atoms with Gasteiger partial charge in [-0.15, -0.1) is 0 Å². The highest BCUT2D eigenvalue weighted by molar-refractivity contribution is 8.02. The molecule has 8 heteroatoms. The van der Waals surface area contributed by atoms with Gasteiger partial charge in [0, 0.05) is 0 Å². The van der Waals surface area contributed by atoms with Gasteiger partial charge in [0.25, 0.3) is 0 Å². The molecule has 0 N–H and O–H groups in total. The largest absolute Gasteiger partial charge is 0.643 e. The molecule has 0 saturated carbocycles. The first kappa shape index (κ1) is 14.9. The Balaban J connectivity index is 0. The van der Waals surface area contributed by atoms with E-state index < -0.39 is 18.2 Å². The molecule has 10 heavy (non-hydrogen) atoms. The molecule has 0 aromatic carbocycles. The van der Waals surface area contributed by atoms with Crippen LogP contribution in [0.4, 0.5) is 0 Å². The van der Waals surface area contributed by atoms with Gasteiger partial charge in [0.05, 0.1) is 0 Å². The molecule has 0 saturated heterocycles. The van der Waals surface area contributed by atoms with E-state index in [0.717, 1.165) is 0 Å². The van der Waals surface area contributed by atoms with Crippen LogP contribution in [0.3, 0.4) is 0 Å². The second kappa shape index (κ2) is 9.46. The van der Waals surface area contributed by atoms with E-state index in [1.165, 1.54) is 0 Å². The van der Waals surface area contributed by atoms with Gasteiger partial charge in [0.2, 0.25) is 0 Å². The first-order valence-electron chi connectivity index (χ1n) is 2.09. The molecule has 0 rings (SSSR count). The summed E-state index contributed by atoms with van der Waals surface area (Å²) in [4.78, 5) is 0. The summed E-state index contributed by atoms with van der Waals surface area (Å²) >= 11 is 9.02. The smallest absolute Gasteiger partial charge is 0.264 e. The topological polar surface area (TPSA) is 3.24 Å². The maximum Gasteiger partial charge on any atom is 0.643 e. The van der Waals surface area contributed by atoms with Crippen LogP contribution in [0.25, 0.3) is 0 Å². The minimum absolute atomic E-state index is 0.882. The molecule has 0 radical (unpaired) electrons. The molecular formula is C2H6AlCl5NP. The zero-order valence-electron chi connectivity index (χ0n) is 5.36. The molecule has 0 amide bonds. The maximum absolute atomic E-state index is 5.37. The summed E-state index contributed by atoms with van der Waals surface area (Å²) in [5.41, 5.74) is 0. The Morgan fingerprint density at radius 2 is 1.20 bits per heavy atom. The molecule has 0 aromatic rings. The fourth-order valence-electron chi connectivity index (χ4n) is 0. The van der Waals surface area contributed by atoms with Crippen LogP contribution in [0.1, 0.15) is 0 Å². The molecule has 0 aliphatic heterocycles. The Labute approximate surface area is 88.9 Å². The molecule has 0 heterocycles. The number of hydrogen-bond acceptors (Lipinski definition) is 1. The molecule has 1 nitrogen and oxygen atoms in total. The summed E-state index contributed by atoms with van der Waals surface area (Å²) in [6.45, 7) is -0.882. The van der Waals surface area contributed by atoms with Gasteiger partial charge in [-0.25, -0.2) is 30.1 Å². The molecule has 0 aliphatic carbocycles. The summed E-state index contributed by atoms with van der Waals surface area (Å²) in [7, 11) is 18.5. The van der Waals surface area contributed by atoms with E-state index in [9.17, 15) is 0 Å². The fourth-order valence-corrected chi connectivity index (χ4v) is 0. The number of hydrogen-bond donors (Lipinski definition) is 0. The van der Waals surface area contributed by atoms with Gasteiger partial charge in [-0.1, -0.05) is 22.5 Å². The van der Waals surface area contributed by atoms with Crippen LogP contribution in [-0.4, -0.2) is 30.2 Å². The van der Waals surface area contributed by atoms with E-state index in [-0.39, 0.29) is 0 Å². The van der Waals surface area contributed by atoms with Gasteiger partial charge in [0.1, 0.15) is 0 Å². The Morgan fingerprint density at radius 3 is 1.20 bits per heavy atom. The number of halogens is 5. The van der Waals surface area contributed by atoms with E-state index in [1.54, 1.807) is 4.67 Å². The summed E-state index contributed by atoms with van der Waals surface area (Å²) in [5, 5.41) is 0. The minimum Gasteiger partial charge on any atom is -0.264 e. The Hall–Kier alpha value is 2.37. The SMILES string of the molecule is CN(C)P(Cl)Cl.[Cl][Al]([Cl])[Cl]. The van der Waals surface area contributed by atoms with Crippen molar-refractivity contribution in [1.82, 2.24) is 4.67 Å². The fraction of sp³-hybridized carbons (Fsp3) is 1.00. The predicted molar refractivity (Wildman–Crippen MR) is 55.6 cm³/mol.